The van der Waals surface area contributed by atoms with Gasteiger partial charge >= 0.3 is 11.9 Å². The Morgan fingerprint density at radius 1 is 1.14 bits per heavy atom. The molecule has 0 fully saturated rings. The van der Waals surface area contributed by atoms with Crippen LogP contribution >= 0.6 is 0 Å². The third-order valence-corrected chi connectivity index (χ3v) is 1.07. The van der Waals surface area contributed by atoms with E-state index in [1.54, 1.807) is 0 Å². The second kappa shape index (κ2) is 7.60. The molecule has 0 aromatic rings. The summed E-state index contributed by atoms with van der Waals surface area (Å²) < 4.78 is 0. The topological polar surface area (TPSA) is 86.6 Å². The van der Waals surface area contributed by atoms with Gasteiger partial charge in [0.05, 0.1) is 0 Å². The minimum atomic E-state index is -1.26. The minimum Gasteiger partial charge on any atom is -0.478 e. The van der Waals surface area contributed by atoms with Gasteiger partial charge in [-0.05, 0) is 12.3 Å². The summed E-state index contributed by atoms with van der Waals surface area (Å²) in [5, 5.41) is 18.6. The average molecular weight is 197 g/mol. The molecule has 1 aliphatic heterocycles. The average Bonchev–Trinajstić information content (AvgIpc) is 2.18. The molecule has 76 valence electrons. The largest absolute Gasteiger partial charge is 0.478 e. The van der Waals surface area contributed by atoms with Crippen molar-refractivity contribution >= 4 is 11.9 Å². The fraction of sp³-hybridized carbons (Fsp3) is 0.111. The van der Waals surface area contributed by atoms with Crippen LogP contribution in [0.4, 0.5) is 0 Å². The zero-order valence-corrected chi connectivity index (χ0v) is 7.38. The SMILES string of the molecule is C1=CCNC=C1.O=C(O)/C=C/C(=O)O. The second-order valence-electron chi connectivity index (χ2n) is 2.21. The molecule has 0 spiro atoms. The first-order valence-electron chi connectivity index (χ1n) is 3.82. The van der Waals surface area contributed by atoms with Crippen LogP contribution in [0.15, 0.2) is 36.6 Å². The molecule has 5 nitrogen and oxygen atoms in total. The maximum absolute atomic E-state index is 9.55. The van der Waals surface area contributed by atoms with Crippen molar-refractivity contribution in [1.29, 1.82) is 0 Å². The Hall–Kier alpha value is -2.04. The van der Waals surface area contributed by atoms with Crippen molar-refractivity contribution in [1.82, 2.24) is 5.32 Å². The van der Waals surface area contributed by atoms with Gasteiger partial charge in [-0.15, -0.1) is 0 Å². The highest BCUT2D eigenvalue weighted by molar-refractivity contribution is 5.89. The number of hydrogen-bond donors (Lipinski definition) is 3. The number of dihydropyridines is 1. The van der Waals surface area contributed by atoms with E-state index in [4.69, 9.17) is 10.2 Å². The van der Waals surface area contributed by atoms with Crippen LogP contribution in [0.25, 0.3) is 0 Å². The molecule has 0 saturated carbocycles. The molecule has 0 amide bonds. The van der Waals surface area contributed by atoms with E-state index in [0.29, 0.717) is 12.2 Å². The normalized spacial score (nSPS) is 12.9. The van der Waals surface area contributed by atoms with Gasteiger partial charge in [-0.2, -0.15) is 0 Å². The first kappa shape index (κ1) is 12.0. The number of carboxylic acid groups (broad SMARTS) is 2. The second-order valence-corrected chi connectivity index (χ2v) is 2.21. The summed E-state index contributed by atoms with van der Waals surface area (Å²) in [4.78, 5) is 19.1. The smallest absolute Gasteiger partial charge is 0.328 e. The number of aliphatic carboxylic acids is 2. The van der Waals surface area contributed by atoms with Crippen LogP contribution in [0.5, 0.6) is 0 Å². The molecule has 0 aromatic carbocycles. The molecule has 0 aromatic heterocycles. The summed E-state index contributed by atoms with van der Waals surface area (Å²) in [6.07, 6.45) is 9.12. The van der Waals surface area contributed by atoms with Crippen LogP contribution in [0, 0.1) is 0 Å². The van der Waals surface area contributed by atoms with Crippen LogP contribution in [0.2, 0.25) is 0 Å². The highest BCUT2D eigenvalue weighted by atomic mass is 16.4. The molecule has 3 N–H and O–H groups in total. The number of carboxylic acids is 2. The monoisotopic (exact) mass is 197 g/mol. The zero-order chi connectivity index (χ0) is 10.8. The van der Waals surface area contributed by atoms with Crippen molar-refractivity contribution in [3.63, 3.8) is 0 Å². The molecule has 0 atom stereocenters. The van der Waals surface area contributed by atoms with Crippen molar-refractivity contribution in [3.8, 4) is 0 Å². The van der Waals surface area contributed by atoms with Crippen molar-refractivity contribution in [3.05, 3.63) is 36.6 Å². The predicted octanol–water partition coefficient (Wildman–Crippen LogP) is 0.371. The molecule has 1 heterocycles. The van der Waals surface area contributed by atoms with E-state index in [0.717, 1.165) is 6.54 Å². The fourth-order valence-corrected chi connectivity index (χ4v) is 0.549. The standard InChI is InChI=1S/C5H7N.C4H4O4/c1-2-4-6-5-3-1;5-3(6)1-2-4(7)8/h1-4,6H,5H2;1-2H,(H,5,6)(H,7,8)/b;2-1+. The Morgan fingerprint density at radius 3 is 1.86 bits per heavy atom. The molecule has 5 heteroatoms. The van der Waals surface area contributed by atoms with Crippen LogP contribution in [0.1, 0.15) is 0 Å². The van der Waals surface area contributed by atoms with Crippen molar-refractivity contribution in [2.75, 3.05) is 6.54 Å². The Kier molecular flexibility index (Phi) is 6.49. The van der Waals surface area contributed by atoms with Gasteiger partial charge in [0.1, 0.15) is 0 Å². The van der Waals surface area contributed by atoms with Crippen molar-refractivity contribution < 1.29 is 19.8 Å². The summed E-state index contributed by atoms with van der Waals surface area (Å²) in [6.45, 7) is 0.983. The molecule has 0 aliphatic carbocycles. The molecule has 0 unspecified atom stereocenters. The van der Waals surface area contributed by atoms with E-state index < -0.39 is 11.9 Å². The van der Waals surface area contributed by atoms with Gasteiger partial charge in [-0.1, -0.05) is 12.2 Å². The van der Waals surface area contributed by atoms with Gasteiger partial charge in [0.2, 0.25) is 0 Å². The number of rotatable bonds is 2. The van der Waals surface area contributed by atoms with E-state index in [-0.39, 0.29) is 0 Å². The van der Waals surface area contributed by atoms with Gasteiger partial charge < -0.3 is 15.5 Å². The maximum atomic E-state index is 9.55. The summed E-state index contributed by atoms with van der Waals surface area (Å²) >= 11 is 0. The van der Waals surface area contributed by atoms with Gasteiger partial charge in [0.25, 0.3) is 0 Å². The number of allylic oxidation sites excluding steroid dienone is 2. The minimum absolute atomic E-state index is 0.558. The lowest BCUT2D eigenvalue weighted by Gasteiger charge is -1.94. The molecule has 0 saturated heterocycles. The molecule has 0 bridgehead atoms. The predicted molar refractivity (Wildman–Crippen MR) is 50.7 cm³/mol. The van der Waals surface area contributed by atoms with Gasteiger partial charge in [-0.3, -0.25) is 0 Å². The summed E-state index contributed by atoms with van der Waals surface area (Å²) in [5.74, 6) is -2.51. The third-order valence-electron chi connectivity index (χ3n) is 1.07. The summed E-state index contributed by atoms with van der Waals surface area (Å²) in [6, 6.07) is 0. The van der Waals surface area contributed by atoms with Gasteiger partial charge in [-0.25, -0.2) is 9.59 Å². The van der Waals surface area contributed by atoms with Crippen molar-refractivity contribution in [2.45, 2.75) is 0 Å². The lowest BCUT2D eigenvalue weighted by Crippen LogP contribution is -2.05. The molecule has 14 heavy (non-hydrogen) atoms. The van der Waals surface area contributed by atoms with Crippen molar-refractivity contribution in [2.24, 2.45) is 0 Å². The molecule has 1 rings (SSSR count). The summed E-state index contributed by atoms with van der Waals surface area (Å²) in [7, 11) is 0. The van der Waals surface area contributed by atoms with E-state index in [1.807, 2.05) is 18.4 Å². The van der Waals surface area contributed by atoms with Crippen LogP contribution < -0.4 is 5.32 Å². The highest BCUT2D eigenvalue weighted by Crippen LogP contribution is 1.78. The molecular weight excluding hydrogens is 186 g/mol. The highest BCUT2D eigenvalue weighted by Gasteiger charge is 1.88. The number of nitrogens with one attached hydrogen (secondary N) is 1. The number of hydrogen-bond acceptors (Lipinski definition) is 3. The quantitative estimate of drug-likeness (QED) is 0.557. The first-order valence-corrected chi connectivity index (χ1v) is 3.82. The Balaban J connectivity index is 0.000000249. The van der Waals surface area contributed by atoms with E-state index in [1.165, 1.54) is 0 Å². The molecular formula is C9H11NO4. The zero-order valence-electron chi connectivity index (χ0n) is 7.38. The molecule has 1 aliphatic rings. The fourth-order valence-electron chi connectivity index (χ4n) is 0.549. The van der Waals surface area contributed by atoms with E-state index in [2.05, 4.69) is 11.4 Å². The lowest BCUT2D eigenvalue weighted by atomic mass is 10.4. The first-order chi connectivity index (χ1) is 6.63. The van der Waals surface area contributed by atoms with E-state index in [9.17, 15) is 9.59 Å². The van der Waals surface area contributed by atoms with Crippen LogP contribution in [-0.2, 0) is 9.59 Å². The van der Waals surface area contributed by atoms with Gasteiger partial charge in [0.15, 0.2) is 0 Å². The number of carbonyl (C=O) groups is 2. The molecule has 0 radical (unpaired) electrons. The van der Waals surface area contributed by atoms with E-state index >= 15 is 0 Å². The Bertz CT molecular complexity index is 251. The van der Waals surface area contributed by atoms with Crippen LogP contribution in [0.3, 0.4) is 0 Å². The maximum Gasteiger partial charge on any atom is 0.328 e. The van der Waals surface area contributed by atoms with Crippen LogP contribution in [-0.4, -0.2) is 28.7 Å². The van der Waals surface area contributed by atoms with Gasteiger partial charge in [0, 0.05) is 18.7 Å². The lowest BCUT2D eigenvalue weighted by molar-refractivity contribution is -0.134. The third kappa shape index (κ3) is 9.96. The Morgan fingerprint density at radius 2 is 1.71 bits per heavy atom. The Labute approximate surface area is 81.1 Å². The summed E-state index contributed by atoms with van der Waals surface area (Å²) in [5.41, 5.74) is 0.